The standard InChI is InChI=1S/C33H27NO2/c1-20-10-13-24-25(16-20)32(36)26(31(24)35)18-22-12-15-30-28(19-22)33(3,4)27-17-21(2)11-14-29(27)34(30)23-8-6-5-7-9-23/h5-19H,1-4H3/b26-18-. The summed E-state index contributed by atoms with van der Waals surface area (Å²) in [6, 6.07) is 28.7. The van der Waals surface area contributed by atoms with Gasteiger partial charge in [0.25, 0.3) is 0 Å². The van der Waals surface area contributed by atoms with Gasteiger partial charge < -0.3 is 4.90 Å². The summed E-state index contributed by atoms with van der Waals surface area (Å²) in [5.74, 6) is -0.388. The monoisotopic (exact) mass is 469 g/mol. The Morgan fingerprint density at radius 2 is 1.28 bits per heavy atom. The predicted octanol–water partition coefficient (Wildman–Crippen LogP) is 7.88. The largest absolute Gasteiger partial charge is 0.310 e. The van der Waals surface area contributed by atoms with Gasteiger partial charge in [-0.05, 0) is 73.0 Å². The third kappa shape index (κ3) is 3.27. The second-order valence-corrected chi connectivity index (χ2v) is 10.4. The molecule has 4 aromatic carbocycles. The second-order valence-electron chi connectivity index (χ2n) is 10.4. The van der Waals surface area contributed by atoms with Gasteiger partial charge in [-0.15, -0.1) is 0 Å². The molecule has 1 aliphatic heterocycles. The number of para-hydroxylation sites is 1. The molecule has 0 atom stereocenters. The fraction of sp³-hybridized carbons (Fsp3) is 0.152. The van der Waals surface area contributed by atoms with Crippen LogP contribution in [-0.4, -0.2) is 11.6 Å². The lowest BCUT2D eigenvalue weighted by molar-refractivity contribution is 0.0990. The molecule has 0 amide bonds. The maximum absolute atomic E-state index is 13.1. The number of fused-ring (bicyclic) bond motifs is 3. The van der Waals surface area contributed by atoms with Gasteiger partial charge in [0, 0.05) is 22.2 Å². The van der Waals surface area contributed by atoms with Gasteiger partial charge in [0.2, 0.25) is 0 Å². The Hall–Kier alpha value is -4.24. The number of carbonyl (C=O) groups is 2. The first-order valence-electron chi connectivity index (χ1n) is 12.3. The van der Waals surface area contributed by atoms with Crippen LogP contribution >= 0.6 is 0 Å². The highest BCUT2D eigenvalue weighted by atomic mass is 16.2. The number of hydrogen-bond donors (Lipinski definition) is 0. The van der Waals surface area contributed by atoms with E-state index in [4.69, 9.17) is 0 Å². The fourth-order valence-electron chi connectivity index (χ4n) is 5.55. The van der Waals surface area contributed by atoms with Gasteiger partial charge >= 0.3 is 0 Å². The highest BCUT2D eigenvalue weighted by Gasteiger charge is 2.37. The first kappa shape index (κ1) is 22.2. The summed E-state index contributed by atoms with van der Waals surface area (Å²) in [6.45, 7) is 8.54. The maximum atomic E-state index is 13.1. The van der Waals surface area contributed by atoms with Crippen LogP contribution in [0.4, 0.5) is 17.1 Å². The van der Waals surface area contributed by atoms with Crippen LogP contribution in [0.2, 0.25) is 0 Å². The van der Waals surface area contributed by atoms with E-state index in [2.05, 4.69) is 80.3 Å². The molecule has 0 unspecified atom stereocenters. The van der Waals surface area contributed by atoms with E-state index in [9.17, 15) is 9.59 Å². The van der Waals surface area contributed by atoms with Crippen LogP contribution in [-0.2, 0) is 5.41 Å². The van der Waals surface area contributed by atoms with Gasteiger partial charge in [0.05, 0.1) is 16.9 Å². The number of rotatable bonds is 2. The Morgan fingerprint density at radius 1 is 0.667 bits per heavy atom. The molecule has 4 aromatic rings. The zero-order chi connectivity index (χ0) is 25.2. The van der Waals surface area contributed by atoms with E-state index in [1.807, 2.05) is 31.2 Å². The van der Waals surface area contributed by atoms with Crippen molar-refractivity contribution >= 4 is 34.7 Å². The number of ketones is 2. The van der Waals surface area contributed by atoms with Crippen LogP contribution in [0.3, 0.4) is 0 Å². The van der Waals surface area contributed by atoms with Crippen molar-refractivity contribution in [3.8, 4) is 0 Å². The average Bonchev–Trinajstić information content (AvgIpc) is 3.09. The van der Waals surface area contributed by atoms with E-state index in [1.165, 1.54) is 16.8 Å². The van der Waals surface area contributed by atoms with Crippen molar-refractivity contribution in [1.82, 2.24) is 0 Å². The number of carbonyl (C=O) groups excluding carboxylic acids is 2. The van der Waals surface area contributed by atoms with E-state index in [0.29, 0.717) is 11.1 Å². The highest BCUT2D eigenvalue weighted by molar-refractivity contribution is 6.41. The van der Waals surface area contributed by atoms with Crippen LogP contribution in [0.15, 0.2) is 90.5 Å². The molecule has 36 heavy (non-hydrogen) atoms. The van der Waals surface area contributed by atoms with Crippen molar-refractivity contribution in [3.05, 3.63) is 129 Å². The first-order valence-corrected chi connectivity index (χ1v) is 12.3. The maximum Gasteiger partial charge on any atom is 0.197 e. The van der Waals surface area contributed by atoms with Crippen LogP contribution < -0.4 is 4.90 Å². The summed E-state index contributed by atoms with van der Waals surface area (Å²) in [5.41, 5.74) is 9.79. The van der Waals surface area contributed by atoms with E-state index in [1.54, 1.807) is 12.1 Å². The Kier molecular flexibility index (Phi) is 4.87. The summed E-state index contributed by atoms with van der Waals surface area (Å²) >= 11 is 0. The minimum Gasteiger partial charge on any atom is -0.310 e. The van der Waals surface area contributed by atoms with Gasteiger partial charge in [0.15, 0.2) is 11.6 Å². The zero-order valence-corrected chi connectivity index (χ0v) is 20.9. The van der Waals surface area contributed by atoms with Crippen molar-refractivity contribution in [2.75, 3.05) is 4.90 Å². The Bertz CT molecular complexity index is 1610. The molecule has 0 fully saturated rings. The quantitative estimate of drug-likeness (QED) is 0.221. The number of nitrogens with zero attached hydrogens (tertiary/aromatic N) is 1. The molecular formula is C33H27NO2. The minimum atomic E-state index is -0.264. The minimum absolute atomic E-state index is 0.192. The molecule has 1 heterocycles. The van der Waals surface area contributed by atoms with Crippen LogP contribution in [0.25, 0.3) is 6.08 Å². The topological polar surface area (TPSA) is 37.4 Å². The Morgan fingerprint density at radius 3 is 2.03 bits per heavy atom. The van der Waals surface area contributed by atoms with E-state index in [-0.39, 0.29) is 22.6 Å². The first-order chi connectivity index (χ1) is 17.3. The Balaban J connectivity index is 1.52. The van der Waals surface area contributed by atoms with Gasteiger partial charge in [0.1, 0.15) is 0 Å². The molecule has 6 rings (SSSR count). The zero-order valence-electron chi connectivity index (χ0n) is 20.9. The van der Waals surface area contributed by atoms with Crippen molar-refractivity contribution < 1.29 is 9.59 Å². The summed E-state index contributed by atoms with van der Waals surface area (Å²) in [7, 11) is 0. The third-order valence-electron chi connectivity index (χ3n) is 7.48. The molecule has 3 heteroatoms. The second kappa shape index (κ2) is 7.89. The van der Waals surface area contributed by atoms with Crippen LogP contribution in [0, 0.1) is 13.8 Å². The molecule has 176 valence electrons. The molecule has 0 radical (unpaired) electrons. The number of aryl methyl sites for hydroxylation is 2. The van der Waals surface area contributed by atoms with Gasteiger partial charge in [-0.2, -0.15) is 0 Å². The van der Waals surface area contributed by atoms with Crippen molar-refractivity contribution in [3.63, 3.8) is 0 Å². The molecule has 0 saturated heterocycles. The highest BCUT2D eigenvalue weighted by Crippen LogP contribution is 2.52. The summed E-state index contributed by atoms with van der Waals surface area (Å²) < 4.78 is 0. The molecule has 0 spiro atoms. The van der Waals surface area contributed by atoms with Crippen molar-refractivity contribution in [1.29, 1.82) is 0 Å². The molecule has 0 saturated carbocycles. The number of allylic oxidation sites excluding steroid dienone is 1. The SMILES string of the molecule is Cc1ccc2c(c1)C(=O)/C(=C\c1ccc3c(c1)C(C)(C)c1cc(C)ccc1N3c1ccccc1)C2=O. The van der Waals surface area contributed by atoms with Crippen molar-refractivity contribution in [2.24, 2.45) is 0 Å². The van der Waals surface area contributed by atoms with E-state index < -0.39 is 0 Å². The third-order valence-corrected chi connectivity index (χ3v) is 7.48. The molecule has 3 nitrogen and oxygen atoms in total. The Labute approximate surface area is 211 Å². The van der Waals surface area contributed by atoms with Gasteiger partial charge in [-0.1, -0.05) is 73.5 Å². The fourth-order valence-corrected chi connectivity index (χ4v) is 5.55. The predicted molar refractivity (Wildman–Crippen MR) is 146 cm³/mol. The lowest BCUT2D eigenvalue weighted by atomic mass is 9.72. The smallest absolute Gasteiger partial charge is 0.197 e. The van der Waals surface area contributed by atoms with Crippen LogP contribution in [0.5, 0.6) is 0 Å². The van der Waals surface area contributed by atoms with E-state index >= 15 is 0 Å². The number of hydrogen-bond acceptors (Lipinski definition) is 3. The number of anilines is 3. The lowest BCUT2D eigenvalue weighted by Gasteiger charge is -2.42. The number of benzene rings is 4. The van der Waals surface area contributed by atoms with Gasteiger partial charge in [-0.3, -0.25) is 9.59 Å². The molecule has 0 aromatic heterocycles. The molecule has 2 aliphatic rings. The normalized spacial score (nSPS) is 16.7. The van der Waals surface area contributed by atoms with E-state index in [0.717, 1.165) is 28.1 Å². The molecule has 0 bridgehead atoms. The van der Waals surface area contributed by atoms with Gasteiger partial charge in [-0.25, -0.2) is 0 Å². The molecule has 1 aliphatic carbocycles. The number of Topliss-reactive ketones (excluding diaryl/α,β-unsaturated/α-hetero) is 2. The molecule has 0 N–H and O–H groups in total. The molecular weight excluding hydrogens is 442 g/mol. The summed E-state index contributed by atoms with van der Waals surface area (Å²) in [4.78, 5) is 28.5. The van der Waals surface area contributed by atoms with Crippen molar-refractivity contribution in [2.45, 2.75) is 33.1 Å². The van der Waals surface area contributed by atoms with Crippen LogP contribution in [0.1, 0.15) is 62.4 Å². The summed E-state index contributed by atoms with van der Waals surface area (Å²) in [6.07, 6.45) is 1.76. The summed E-state index contributed by atoms with van der Waals surface area (Å²) in [5, 5.41) is 0. The average molecular weight is 470 g/mol. The lowest BCUT2D eigenvalue weighted by Crippen LogP contribution is -2.30.